The molecule has 0 aliphatic rings. The van der Waals surface area contributed by atoms with E-state index >= 15 is 8.78 Å². The molecule has 2 amide bonds. The summed E-state index contributed by atoms with van der Waals surface area (Å²) < 4.78 is 57.2. The van der Waals surface area contributed by atoms with Crippen LogP contribution in [0.5, 0.6) is 0 Å². The summed E-state index contributed by atoms with van der Waals surface area (Å²) in [5.41, 5.74) is 5.69. The highest BCUT2D eigenvalue weighted by Crippen LogP contribution is 2.38. The molecule has 12 rings (SSSR count). The molecule has 12 aromatic rings. The van der Waals surface area contributed by atoms with E-state index in [2.05, 4.69) is 76.8 Å². The van der Waals surface area contributed by atoms with E-state index in [4.69, 9.17) is 85.6 Å². The number of aryl methyl sites for hydroxylation is 1. The third-order valence-electron chi connectivity index (χ3n) is 16.1. The molecule has 6 aromatic carbocycles. The predicted molar refractivity (Wildman–Crippen MR) is 388 cm³/mol. The first-order valence-corrected chi connectivity index (χ1v) is 36.0. The Hall–Kier alpha value is -8.25. The van der Waals surface area contributed by atoms with Crippen LogP contribution in [-0.2, 0) is 10.8 Å². The number of nitrogens with zero attached hydrogens (tertiary/aromatic N) is 11. The van der Waals surface area contributed by atoms with Gasteiger partial charge in [0, 0.05) is 77.0 Å². The van der Waals surface area contributed by atoms with Crippen molar-refractivity contribution in [2.24, 2.45) is 0 Å². The van der Waals surface area contributed by atoms with Crippen LogP contribution in [0.3, 0.4) is 0 Å². The lowest BCUT2D eigenvalue weighted by Crippen LogP contribution is -2.44. The highest BCUT2D eigenvalue weighted by molar-refractivity contribution is 6.74. The summed E-state index contributed by atoms with van der Waals surface area (Å²) in [4.78, 5) is 62.2. The molecular weight excluding hydrogens is 1420 g/mol. The Morgan fingerprint density at radius 3 is 1.19 bits per heavy atom. The Bertz CT molecular complexity index is 4760. The number of unbranched alkanes of at least 4 members (excludes halogenated alkanes) is 1. The Morgan fingerprint density at radius 2 is 0.857 bits per heavy atom. The number of aliphatic hydroxyl groups excluding tert-OH is 1. The first-order valence-electron chi connectivity index (χ1n) is 30.5. The molecule has 6 aromatic heterocycles. The molecule has 0 unspecified atom stereocenters. The van der Waals surface area contributed by atoms with Crippen LogP contribution in [0.1, 0.15) is 77.2 Å². The van der Waals surface area contributed by atoms with E-state index in [0.29, 0.717) is 16.4 Å². The Kier molecular flexibility index (Phi) is 25.0. The van der Waals surface area contributed by atoms with Crippen LogP contribution in [0, 0.1) is 17.5 Å². The van der Waals surface area contributed by atoms with E-state index in [1.165, 1.54) is 23.4 Å². The molecule has 0 aliphatic carbocycles. The maximum Gasteiger partial charge on any atom is 0.264 e. The molecule has 0 saturated carbocycles. The second kappa shape index (κ2) is 33.1. The maximum absolute atomic E-state index is 15.7. The van der Waals surface area contributed by atoms with Crippen LogP contribution in [0.15, 0.2) is 183 Å². The fraction of sp³-hybridized carbons (Fsp3) is 0.197. The van der Waals surface area contributed by atoms with Gasteiger partial charge < -0.3 is 33.0 Å². The average molecular weight is 1480 g/mol. The van der Waals surface area contributed by atoms with E-state index in [1.54, 1.807) is 18.2 Å². The molecule has 0 spiro atoms. The number of rotatable bonds is 17. The van der Waals surface area contributed by atoms with Crippen molar-refractivity contribution in [3.63, 3.8) is 0 Å². The zero-order valence-electron chi connectivity index (χ0n) is 53.5. The second-order valence-electron chi connectivity index (χ2n) is 23.4. The maximum atomic E-state index is 15.7. The molecule has 0 aliphatic heterocycles. The summed E-state index contributed by atoms with van der Waals surface area (Å²) in [6, 6.07) is 44.6. The lowest BCUT2D eigenvalue weighted by atomic mass is 10.1. The van der Waals surface area contributed by atoms with Gasteiger partial charge in [-0.25, -0.2) is 43.1 Å². The monoisotopic (exact) mass is 1480 g/mol. The van der Waals surface area contributed by atoms with Crippen LogP contribution < -0.4 is 9.80 Å². The molecular formula is C71H63Cl7F3N11O5Si. The highest BCUT2D eigenvalue weighted by Gasteiger charge is 2.38. The van der Waals surface area contributed by atoms with Gasteiger partial charge in [0.1, 0.15) is 84.0 Å². The van der Waals surface area contributed by atoms with Crippen LogP contribution in [-0.4, -0.2) is 100 Å². The Morgan fingerprint density at radius 1 is 0.510 bits per heavy atom. The first-order chi connectivity index (χ1) is 46.8. The number of hydrogen-bond donors (Lipinski definition) is 1. The van der Waals surface area contributed by atoms with Crippen LogP contribution >= 0.6 is 81.2 Å². The van der Waals surface area contributed by atoms with Gasteiger partial charge in [-0.05, 0) is 127 Å². The normalized spacial score (nSPS) is 11.4. The highest BCUT2D eigenvalue weighted by atomic mass is 35.5. The molecule has 1 N–H and O–H groups in total. The predicted octanol–water partition coefficient (Wildman–Crippen LogP) is 19.3. The van der Waals surface area contributed by atoms with Crippen molar-refractivity contribution in [3.8, 4) is 17.1 Å². The topological polar surface area (TPSA) is 179 Å². The van der Waals surface area contributed by atoms with Crippen molar-refractivity contribution < 1.29 is 37.1 Å². The minimum atomic E-state index is -2.11. The number of anilines is 2. The molecule has 0 bridgehead atoms. The van der Waals surface area contributed by atoms with Gasteiger partial charge in [-0.15, -0.1) is 0 Å². The number of fused-ring (bicyclic) bond motifs is 3. The van der Waals surface area contributed by atoms with Gasteiger partial charge in [0.25, 0.3) is 17.1 Å². The summed E-state index contributed by atoms with van der Waals surface area (Å²) in [7, 11) is -2.11. The molecule has 6 heterocycles. The summed E-state index contributed by atoms with van der Waals surface area (Å²) >= 11 is 40.6. The first kappa shape index (κ1) is 74.0. The summed E-state index contributed by atoms with van der Waals surface area (Å²) in [6.07, 6.45) is 12.1. The number of aliphatic hydroxyl groups is 1. The number of hydrogen-bond acceptors (Lipinski definition) is 11. The summed E-state index contributed by atoms with van der Waals surface area (Å²) in [5, 5.41) is 10.7. The van der Waals surface area contributed by atoms with E-state index in [-0.39, 0.29) is 89.5 Å². The quantitative estimate of drug-likeness (QED) is 0.0521. The third kappa shape index (κ3) is 17.2. The van der Waals surface area contributed by atoms with Gasteiger partial charge in [-0.2, -0.15) is 0 Å². The smallest absolute Gasteiger partial charge is 0.264 e. The molecule has 27 heteroatoms. The minimum absolute atomic E-state index is 0.0108. The van der Waals surface area contributed by atoms with Crippen molar-refractivity contribution in [2.45, 2.75) is 65.1 Å². The summed E-state index contributed by atoms with van der Waals surface area (Å²) in [5.74, 6) is -2.60. The van der Waals surface area contributed by atoms with Crippen molar-refractivity contribution in [2.75, 3.05) is 36.1 Å². The Labute approximate surface area is 599 Å². The standard InChI is InChI=1S/C27H29Cl2FN4O2Si.C21H15Cl2FN4O2.C18H18FN.C5HCl3N2O/c1-27(2,3)37(4,5)36-14-13-34(26(35)23-24(28)31-17-32-25(23)29)22-15-18-11-12-33(21(18)16-20(22)30)19-9-7-6-8-10-19;22-19-18(20(23)26-12-25-19)21(30)28(8-9-29)17-10-13-6-7-27(16(13)11-15(17)24)14-4-2-1-3-5-14;1-2-3-7-14-12-15-10-11-20(18(15)13-17(14)19)16-8-5-4-6-9-16;6-3-2(5(8)11)4(7)10-1-9-3/h6-12,15-17H,13-14H2,1-5H3;1-7,10-12,29H,8-9H2;4-6,8-13H,2-3,7H2,1H3;1H. The van der Waals surface area contributed by atoms with Crippen molar-refractivity contribution in [1.82, 2.24) is 43.6 Å². The van der Waals surface area contributed by atoms with E-state index in [9.17, 15) is 23.9 Å². The van der Waals surface area contributed by atoms with Gasteiger partial charge in [0.15, 0.2) is 8.32 Å². The number of halogens is 10. The molecule has 16 nitrogen and oxygen atoms in total. The fourth-order valence-corrected chi connectivity index (χ4v) is 12.8. The Balaban J connectivity index is 0.000000164. The number of para-hydroxylation sites is 3. The zero-order chi connectivity index (χ0) is 70.6. The van der Waals surface area contributed by atoms with Gasteiger partial charge in [-0.1, -0.05) is 158 Å². The van der Waals surface area contributed by atoms with Gasteiger partial charge in [0.2, 0.25) is 0 Å². The zero-order valence-corrected chi connectivity index (χ0v) is 59.8. The summed E-state index contributed by atoms with van der Waals surface area (Å²) in [6.45, 7) is 12.5. The van der Waals surface area contributed by atoms with Crippen LogP contribution in [0.4, 0.5) is 24.5 Å². The van der Waals surface area contributed by atoms with Crippen molar-refractivity contribution in [3.05, 3.63) is 254 Å². The molecule has 0 radical (unpaired) electrons. The van der Waals surface area contributed by atoms with Crippen LogP contribution in [0.25, 0.3) is 49.8 Å². The van der Waals surface area contributed by atoms with Crippen LogP contribution in [0.2, 0.25) is 49.1 Å². The van der Waals surface area contributed by atoms with Gasteiger partial charge >= 0.3 is 0 Å². The third-order valence-corrected chi connectivity index (χ3v) is 22.6. The lowest BCUT2D eigenvalue weighted by molar-refractivity contribution is 0.0972. The van der Waals surface area contributed by atoms with E-state index < -0.39 is 43.6 Å². The second-order valence-corrected chi connectivity index (χ2v) is 30.7. The van der Waals surface area contributed by atoms with Gasteiger partial charge in [-0.3, -0.25) is 14.4 Å². The SMILES string of the molecule is CC(C)(C)[Si](C)(C)OCCN(C(=O)c1c(Cl)ncnc1Cl)c1cc2ccn(-c3ccccc3)c2cc1F.CCCCc1cc2ccn(-c3ccccc3)c2cc1F.O=C(Cl)c1c(Cl)ncnc1Cl.O=C(c1c(Cl)ncnc1Cl)N(CCO)c1cc2ccn(-c3ccccc3)c2cc1F. The molecule has 0 fully saturated rings. The fourth-order valence-electron chi connectivity index (χ4n) is 10.1. The number of benzene rings is 6. The van der Waals surface area contributed by atoms with Gasteiger partial charge in [0.05, 0.1) is 41.1 Å². The molecule has 0 atom stereocenters. The number of amides is 2. The molecule has 0 saturated heterocycles. The number of carbonyl (C=O) groups excluding carboxylic acids is 3. The number of aromatic nitrogens is 9. The van der Waals surface area contributed by atoms with E-state index in [0.717, 1.165) is 75.7 Å². The largest absolute Gasteiger partial charge is 0.415 e. The van der Waals surface area contributed by atoms with E-state index in [1.807, 2.05) is 141 Å². The molecule has 98 heavy (non-hydrogen) atoms. The number of carbonyl (C=O) groups is 3. The van der Waals surface area contributed by atoms with Crippen molar-refractivity contribution >= 4 is 151 Å². The average Bonchev–Trinajstić information content (AvgIpc) is 1.77. The minimum Gasteiger partial charge on any atom is -0.415 e. The molecule has 506 valence electrons. The van der Waals surface area contributed by atoms with Crippen molar-refractivity contribution in [1.29, 1.82) is 0 Å². The lowest BCUT2D eigenvalue weighted by Gasteiger charge is -2.37.